The van der Waals surface area contributed by atoms with Crippen molar-refractivity contribution < 1.29 is 22.7 Å². The van der Waals surface area contributed by atoms with E-state index in [1.165, 1.54) is 0 Å². The van der Waals surface area contributed by atoms with Gasteiger partial charge in [-0.05, 0) is 5.92 Å². The van der Waals surface area contributed by atoms with E-state index in [2.05, 4.69) is 4.74 Å². The molecule has 0 rings (SSSR count). The van der Waals surface area contributed by atoms with Gasteiger partial charge in [-0.3, -0.25) is 4.79 Å². The van der Waals surface area contributed by atoms with Crippen molar-refractivity contribution in [2.45, 2.75) is 32.9 Å². The Hall–Kier alpha value is -0.740. The predicted octanol–water partition coefficient (Wildman–Crippen LogP) is 2.53. The third kappa shape index (κ3) is 9.17. The fourth-order valence-corrected chi connectivity index (χ4v) is 0.576. The topological polar surface area (TPSA) is 26.3 Å². The summed E-state index contributed by atoms with van der Waals surface area (Å²) in [5, 5.41) is 0. The average molecular weight is 198 g/mol. The van der Waals surface area contributed by atoms with Crippen molar-refractivity contribution in [2.24, 2.45) is 5.92 Å². The lowest BCUT2D eigenvalue weighted by Crippen LogP contribution is -2.14. The first-order valence-electron chi connectivity index (χ1n) is 4.03. The predicted molar refractivity (Wildman–Crippen MR) is 41.1 cm³/mol. The monoisotopic (exact) mass is 198 g/mol. The smallest absolute Gasteiger partial charge is 0.389 e. The average Bonchev–Trinajstić information content (AvgIpc) is 1.95. The van der Waals surface area contributed by atoms with E-state index in [4.69, 9.17) is 0 Å². The van der Waals surface area contributed by atoms with Gasteiger partial charge >= 0.3 is 12.1 Å². The number of rotatable bonds is 4. The molecule has 0 saturated carbocycles. The zero-order valence-electron chi connectivity index (χ0n) is 7.65. The first kappa shape index (κ1) is 12.3. The highest BCUT2D eigenvalue weighted by molar-refractivity contribution is 5.69. The lowest BCUT2D eigenvalue weighted by atomic mass is 10.2. The van der Waals surface area contributed by atoms with Gasteiger partial charge in [0.15, 0.2) is 0 Å². The van der Waals surface area contributed by atoms with Gasteiger partial charge in [0.2, 0.25) is 0 Å². The van der Waals surface area contributed by atoms with E-state index in [1.807, 2.05) is 13.8 Å². The quantitative estimate of drug-likeness (QED) is 0.649. The molecule has 0 aliphatic heterocycles. The van der Waals surface area contributed by atoms with Gasteiger partial charge in [-0.2, -0.15) is 13.2 Å². The van der Waals surface area contributed by atoms with Crippen LogP contribution in [-0.2, 0) is 9.53 Å². The number of hydrogen-bond donors (Lipinski definition) is 0. The summed E-state index contributed by atoms with van der Waals surface area (Å²) >= 11 is 0. The van der Waals surface area contributed by atoms with Gasteiger partial charge in [0, 0.05) is 0 Å². The lowest BCUT2D eigenvalue weighted by Gasteiger charge is -2.08. The Bertz CT molecular complexity index is 163. The zero-order valence-corrected chi connectivity index (χ0v) is 7.65. The molecule has 78 valence electrons. The summed E-state index contributed by atoms with van der Waals surface area (Å²) in [7, 11) is 0. The van der Waals surface area contributed by atoms with Crippen LogP contribution >= 0.6 is 0 Å². The summed E-state index contributed by atoms with van der Waals surface area (Å²) in [5.74, 6) is -0.638. The van der Waals surface area contributed by atoms with Gasteiger partial charge in [-0.15, -0.1) is 0 Å². The number of carbonyl (C=O) groups is 1. The molecule has 0 atom stereocenters. The maximum absolute atomic E-state index is 11.6. The van der Waals surface area contributed by atoms with Gasteiger partial charge in [0.25, 0.3) is 0 Å². The second kappa shape index (κ2) is 5.09. The Morgan fingerprint density at radius 3 is 2.31 bits per heavy atom. The van der Waals surface area contributed by atoms with Crippen LogP contribution in [0, 0.1) is 5.92 Å². The molecule has 0 heterocycles. The third-order valence-corrected chi connectivity index (χ3v) is 1.19. The molecule has 0 aromatic rings. The fourth-order valence-electron chi connectivity index (χ4n) is 0.576. The van der Waals surface area contributed by atoms with Crippen LogP contribution in [0.25, 0.3) is 0 Å². The standard InChI is InChI=1S/C8H13F3O2/c1-6(2)5-13-7(12)3-4-8(9,10)11/h6H,3-5H2,1-2H3. The van der Waals surface area contributed by atoms with Gasteiger partial charge < -0.3 is 4.74 Å². The van der Waals surface area contributed by atoms with Crippen LogP contribution < -0.4 is 0 Å². The molecule has 0 aliphatic rings. The fraction of sp³-hybridized carbons (Fsp3) is 0.875. The number of esters is 1. The van der Waals surface area contributed by atoms with E-state index in [0.717, 1.165) is 0 Å². The molecule has 0 unspecified atom stereocenters. The molecule has 0 saturated heterocycles. The highest BCUT2D eigenvalue weighted by atomic mass is 19.4. The first-order valence-corrected chi connectivity index (χ1v) is 4.03. The Kier molecular flexibility index (Phi) is 4.80. The van der Waals surface area contributed by atoms with Crippen molar-refractivity contribution in [1.82, 2.24) is 0 Å². The molecular weight excluding hydrogens is 185 g/mol. The van der Waals surface area contributed by atoms with Gasteiger partial charge in [0.05, 0.1) is 19.4 Å². The van der Waals surface area contributed by atoms with Gasteiger partial charge in [-0.1, -0.05) is 13.8 Å². The van der Waals surface area contributed by atoms with Crippen LogP contribution in [-0.4, -0.2) is 18.8 Å². The minimum atomic E-state index is -4.28. The second-order valence-corrected chi connectivity index (χ2v) is 3.19. The first-order chi connectivity index (χ1) is 5.81. The zero-order chi connectivity index (χ0) is 10.5. The number of carbonyl (C=O) groups excluding carboxylic acids is 1. The highest BCUT2D eigenvalue weighted by Gasteiger charge is 2.28. The molecule has 0 amide bonds. The summed E-state index contributed by atoms with van der Waals surface area (Å²) in [6, 6.07) is 0. The molecule has 5 heteroatoms. The molecule has 0 fully saturated rings. The molecule has 2 nitrogen and oxygen atoms in total. The Morgan fingerprint density at radius 1 is 1.38 bits per heavy atom. The summed E-state index contributed by atoms with van der Waals surface area (Å²) < 4.78 is 39.4. The molecule has 13 heavy (non-hydrogen) atoms. The largest absolute Gasteiger partial charge is 0.465 e. The van der Waals surface area contributed by atoms with Crippen LogP contribution in [0.1, 0.15) is 26.7 Å². The van der Waals surface area contributed by atoms with E-state index in [9.17, 15) is 18.0 Å². The van der Waals surface area contributed by atoms with Crippen molar-refractivity contribution in [3.8, 4) is 0 Å². The number of hydrogen-bond acceptors (Lipinski definition) is 2. The minimum Gasteiger partial charge on any atom is -0.465 e. The van der Waals surface area contributed by atoms with Crippen molar-refractivity contribution >= 4 is 5.97 Å². The van der Waals surface area contributed by atoms with E-state index < -0.39 is 25.0 Å². The summed E-state index contributed by atoms with van der Waals surface area (Å²) in [6.45, 7) is 3.81. The Labute approximate surface area is 75.1 Å². The molecular formula is C8H13F3O2. The summed E-state index contributed by atoms with van der Waals surface area (Å²) in [4.78, 5) is 10.7. The highest BCUT2D eigenvalue weighted by Crippen LogP contribution is 2.21. The van der Waals surface area contributed by atoms with Crippen molar-refractivity contribution in [2.75, 3.05) is 6.61 Å². The molecule has 0 spiro atoms. The molecule has 0 aromatic carbocycles. The number of alkyl halides is 3. The maximum Gasteiger partial charge on any atom is 0.389 e. The normalized spacial score (nSPS) is 11.8. The Balaban J connectivity index is 3.53. The third-order valence-electron chi connectivity index (χ3n) is 1.19. The van der Waals surface area contributed by atoms with Gasteiger partial charge in [0.1, 0.15) is 0 Å². The lowest BCUT2D eigenvalue weighted by molar-refractivity contribution is -0.158. The number of halogens is 3. The molecule has 0 aromatic heterocycles. The molecule has 0 bridgehead atoms. The van der Waals surface area contributed by atoms with Crippen LogP contribution in [0.2, 0.25) is 0 Å². The van der Waals surface area contributed by atoms with Crippen molar-refractivity contribution in [3.63, 3.8) is 0 Å². The Morgan fingerprint density at radius 2 is 1.92 bits per heavy atom. The van der Waals surface area contributed by atoms with Crippen LogP contribution in [0.15, 0.2) is 0 Å². The van der Waals surface area contributed by atoms with Gasteiger partial charge in [-0.25, -0.2) is 0 Å². The molecule has 0 N–H and O–H groups in total. The van der Waals surface area contributed by atoms with Crippen LogP contribution in [0.4, 0.5) is 13.2 Å². The maximum atomic E-state index is 11.6. The van der Waals surface area contributed by atoms with Crippen LogP contribution in [0.3, 0.4) is 0 Å². The minimum absolute atomic E-state index is 0.148. The van der Waals surface area contributed by atoms with E-state index >= 15 is 0 Å². The van der Waals surface area contributed by atoms with E-state index in [0.29, 0.717) is 0 Å². The molecule has 0 radical (unpaired) electrons. The van der Waals surface area contributed by atoms with E-state index in [-0.39, 0.29) is 12.5 Å². The second-order valence-electron chi connectivity index (χ2n) is 3.19. The summed E-state index contributed by atoms with van der Waals surface area (Å²) in [5.41, 5.74) is 0. The van der Waals surface area contributed by atoms with E-state index in [1.54, 1.807) is 0 Å². The van der Waals surface area contributed by atoms with Crippen molar-refractivity contribution in [3.05, 3.63) is 0 Å². The molecule has 0 aliphatic carbocycles. The van der Waals surface area contributed by atoms with Crippen LogP contribution in [0.5, 0.6) is 0 Å². The van der Waals surface area contributed by atoms with Crippen molar-refractivity contribution in [1.29, 1.82) is 0 Å². The SMILES string of the molecule is CC(C)COC(=O)CCC(F)(F)F. The number of ether oxygens (including phenoxy) is 1. The summed E-state index contributed by atoms with van der Waals surface area (Å²) in [6.07, 6.45) is -5.98.